The van der Waals surface area contributed by atoms with Crippen molar-refractivity contribution in [2.45, 2.75) is 39.3 Å². The van der Waals surface area contributed by atoms with Gasteiger partial charge in [-0.3, -0.25) is 4.79 Å². The fraction of sp³-hybridized carbons (Fsp3) is 0.308. The summed E-state index contributed by atoms with van der Waals surface area (Å²) in [5.41, 5.74) is 3.67. The Bertz CT molecular complexity index is 1300. The maximum absolute atomic E-state index is 12.6. The van der Waals surface area contributed by atoms with Crippen LogP contribution in [0.15, 0.2) is 42.6 Å². The summed E-state index contributed by atoms with van der Waals surface area (Å²) in [6.45, 7) is 5.66. The number of carbonyl (C=O) groups is 2. The van der Waals surface area contributed by atoms with Gasteiger partial charge < -0.3 is 30.2 Å². The first-order valence-corrected chi connectivity index (χ1v) is 11.4. The lowest BCUT2D eigenvalue weighted by Crippen LogP contribution is -2.32. The molecule has 1 aromatic heterocycles. The standard InChI is InChI=1S/C26H29N5O5/c1-26(2,3)36-25(33)28-13-15-6-8-18-19(10-15)30-22(32)11-16-14-27-24(31-23(16)18)29-17-7-9-20(34-4)21(12-17)35-5/h6-10,12,14H,11,13H2,1-5H3,(H,28,33)(H,30,32)(H,27,29,31). The Morgan fingerprint density at radius 3 is 2.58 bits per heavy atom. The molecule has 0 fully saturated rings. The van der Waals surface area contributed by atoms with Gasteiger partial charge in [0.25, 0.3) is 0 Å². The average molecular weight is 492 g/mol. The molecule has 3 aromatic rings. The number of carbonyl (C=O) groups excluding carboxylic acids is 2. The van der Waals surface area contributed by atoms with Gasteiger partial charge in [0.05, 0.1) is 32.0 Å². The maximum Gasteiger partial charge on any atom is 0.407 e. The van der Waals surface area contributed by atoms with E-state index in [1.807, 2.05) is 24.3 Å². The molecule has 10 nitrogen and oxygen atoms in total. The number of methoxy groups -OCH3 is 2. The number of alkyl carbamates (subject to hydrolysis) is 1. The number of hydrogen-bond acceptors (Lipinski definition) is 8. The predicted octanol–water partition coefficient (Wildman–Crippen LogP) is 4.42. The van der Waals surface area contributed by atoms with Crippen molar-refractivity contribution in [2.24, 2.45) is 0 Å². The van der Waals surface area contributed by atoms with E-state index >= 15 is 0 Å². The Kier molecular flexibility index (Phi) is 6.96. The van der Waals surface area contributed by atoms with E-state index in [2.05, 4.69) is 20.9 Å². The van der Waals surface area contributed by atoms with Gasteiger partial charge in [-0.2, -0.15) is 0 Å². The van der Waals surface area contributed by atoms with Crippen molar-refractivity contribution in [3.05, 3.63) is 53.7 Å². The summed E-state index contributed by atoms with van der Waals surface area (Å²) < 4.78 is 15.9. The molecule has 0 spiro atoms. The number of amides is 2. The second-order valence-electron chi connectivity index (χ2n) is 9.22. The minimum Gasteiger partial charge on any atom is -0.493 e. The highest BCUT2D eigenvalue weighted by Crippen LogP contribution is 2.35. The number of hydrogen-bond donors (Lipinski definition) is 3. The highest BCUT2D eigenvalue weighted by molar-refractivity contribution is 6.00. The summed E-state index contributed by atoms with van der Waals surface area (Å²) in [4.78, 5) is 33.7. The van der Waals surface area contributed by atoms with E-state index in [4.69, 9.17) is 19.2 Å². The smallest absolute Gasteiger partial charge is 0.407 e. The summed E-state index contributed by atoms with van der Waals surface area (Å²) >= 11 is 0. The Hall–Kier alpha value is -4.34. The van der Waals surface area contributed by atoms with Gasteiger partial charge in [0.15, 0.2) is 11.5 Å². The highest BCUT2D eigenvalue weighted by atomic mass is 16.6. The first-order valence-electron chi connectivity index (χ1n) is 11.4. The van der Waals surface area contributed by atoms with Crippen LogP contribution >= 0.6 is 0 Å². The van der Waals surface area contributed by atoms with Crippen LogP contribution in [0, 0.1) is 0 Å². The van der Waals surface area contributed by atoms with Crippen LogP contribution in [-0.4, -0.2) is 41.8 Å². The van der Waals surface area contributed by atoms with Crippen molar-refractivity contribution >= 4 is 29.3 Å². The van der Waals surface area contributed by atoms with Crippen LogP contribution in [0.2, 0.25) is 0 Å². The molecule has 0 radical (unpaired) electrons. The number of fused-ring (bicyclic) bond motifs is 3. The maximum atomic E-state index is 12.6. The minimum atomic E-state index is -0.585. The molecule has 4 rings (SSSR count). The Labute approximate surface area is 209 Å². The van der Waals surface area contributed by atoms with E-state index in [-0.39, 0.29) is 18.9 Å². The van der Waals surface area contributed by atoms with Gasteiger partial charge in [-0.1, -0.05) is 12.1 Å². The lowest BCUT2D eigenvalue weighted by atomic mass is 10.0. The molecule has 0 unspecified atom stereocenters. The molecule has 2 aromatic carbocycles. The Balaban J connectivity index is 1.59. The largest absolute Gasteiger partial charge is 0.493 e. The summed E-state index contributed by atoms with van der Waals surface area (Å²) in [6, 6.07) is 11.0. The van der Waals surface area contributed by atoms with E-state index in [1.54, 1.807) is 53.3 Å². The van der Waals surface area contributed by atoms with Gasteiger partial charge in [0.1, 0.15) is 5.60 Å². The van der Waals surface area contributed by atoms with Crippen molar-refractivity contribution in [1.82, 2.24) is 15.3 Å². The fourth-order valence-corrected chi connectivity index (χ4v) is 3.74. The highest BCUT2D eigenvalue weighted by Gasteiger charge is 2.22. The van der Waals surface area contributed by atoms with Crippen LogP contribution in [-0.2, 0) is 22.5 Å². The van der Waals surface area contributed by atoms with Gasteiger partial charge in [0, 0.05) is 35.6 Å². The van der Waals surface area contributed by atoms with Crippen LogP contribution in [0.3, 0.4) is 0 Å². The monoisotopic (exact) mass is 491 g/mol. The van der Waals surface area contributed by atoms with E-state index in [0.29, 0.717) is 34.4 Å². The molecule has 2 heterocycles. The number of benzene rings is 2. The van der Waals surface area contributed by atoms with Gasteiger partial charge in [-0.05, 0) is 44.5 Å². The van der Waals surface area contributed by atoms with E-state index in [9.17, 15) is 9.59 Å². The number of anilines is 3. The molecule has 3 N–H and O–H groups in total. The number of rotatable bonds is 6. The second kappa shape index (κ2) is 10.1. The van der Waals surface area contributed by atoms with Crippen molar-refractivity contribution in [1.29, 1.82) is 0 Å². The van der Waals surface area contributed by atoms with Crippen LogP contribution in [0.5, 0.6) is 11.5 Å². The number of aromatic nitrogens is 2. The molecule has 0 atom stereocenters. The molecule has 2 amide bonds. The predicted molar refractivity (Wildman–Crippen MR) is 136 cm³/mol. The molecule has 1 aliphatic rings. The van der Waals surface area contributed by atoms with Crippen LogP contribution in [0.1, 0.15) is 31.9 Å². The summed E-state index contributed by atoms with van der Waals surface area (Å²) in [7, 11) is 3.14. The lowest BCUT2D eigenvalue weighted by Gasteiger charge is -2.20. The van der Waals surface area contributed by atoms with E-state index < -0.39 is 11.7 Å². The molecular formula is C26H29N5O5. The topological polar surface area (TPSA) is 124 Å². The zero-order chi connectivity index (χ0) is 25.9. The lowest BCUT2D eigenvalue weighted by molar-refractivity contribution is -0.115. The van der Waals surface area contributed by atoms with Crippen molar-refractivity contribution in [3.63, 3.8) is 0 Å². The van der Waals surface area contributed by atoms with Gasteiger partial charge in [-0.15, -0.1) is 0 Å². The van der Waals surface area contributed by atoms with Crippen molar-refractivity contribution in [2.75, 3.05) is 24.9 Å². The van der Waals surface area contributed by atoms with Crippen LogP contribution in [0.25, 0.3) is 11.3 Å². The van der Waals surface area contributed by atoms with Crippen LogP contribution < -0.4 is 25.4 Å². The van der Waals surface area contributed by atoms with Crippen molar-refractivity contribution in [3.8, 4) is 22.8 Å². The summed E-state index contributed by atoms with van der Waals surface area (Å²) in [5, 5.41) is 8.85. The van der Waals surface area contributed by atoms with Crippen molar-refractivity contribution < 1.29 is 23.8 Å². The van der Waals surface area contributed by atoms with Crippen LogP contribution in [0.4, 0.5) is 22.1 Å². The van der Waals surface area contributed by atoms with Gasteiger partial charge in [-0.25, -0.2) is 14.8 Å². The van der Waals surface area contributed by atoms with Gasteiger partial charge in [0.2, 0.25) is 11.9 Å². The molecule has 188 valence electrons. The average Bonchev–Trinajstić information content (AvgIpc) is 2.96. The molecule has 36 heavy (non-hydrogen) atoms. The Morgan fingerprint density at radius 1 is 1.08 bits per heavy atom. The van der Waals surface area contributed by atoms with E-state index in [0.717, 1.165) is 16.8 Å². The molecule has 0 aliphatic carbocycles. The van der Waals surface area contributed by atoms with Gasteiger partial charge >= 0.3 is 6.09 Å². The Morgan fingerprint density at radius 2 is 1.86 bits per heavy atom. The number of ether oxygens (including phenoxy) is 3. The summed E-state index contributed by atoms with van der Waals surface area (Å²) in [5.74, 6) is 1.39. The molecule has 1 aliphatic heterocycles. The third kappa shape index (κ3) is 5.83. The SMILES string of the molecule is COc1ccc(Nc2ncc3c(n2)-c2ccc(CNC(=O)OC(C)(C)C)cc2NC(=O)C3)cc1OC. The zero-order valence-electron chi connectivity index (χ0n) is 20.9. The molecule has 0 saturated carbocycles. The molecule has 0 bridgehead atoms. The normalized spacial score (nSPS) is 12.4. The second-order valence-corrected chi connectivity index (χ2v) is 9.22. The first kappa shape index (κ1) is 24.8. The first-order chi connectivity index (χ1) is 17.1. The zero-order valence-corrected chi connectivity index (χ0v) is 20.9. The molecular weight excluding hydrogens is 462 g/mol. The quantitative estimate of drug-likeness (QED) is 0.463. The third-order valence-corrected chi connectivity index (χ3v) is 5.30. The third-order valence-electron chi connectivity index (χ3n) is 5.30. The molecule has 0 saturated heterocycles. The fourth-order valence-electron chi connectivity index (χ4n) is 3.74. The van der Waals surface area contributed by atoms with E-state index in [1.165, 1.54) is 0 Å². The molecule has 10 heteroatoms. The summed E-state index contributed by atoms with van der Waals surface area (Å²) in [6.07, 6.45) is 1.29. The minimum absolute atomic E-state index is 0.145. The number of nitrogens with one attached hydrogen (secondary N) is 3. The number of nitrogens with zero attached hydrogens (tertiary/aromatic N) is 2.